The Hall–Kier alpha value is -2.43. The molecule has 0 saturated carbocycles. The van der Waals surface area contributed by atoms with Crippen LogP contribution in [0.15, 0.2) is 52.1 Å². The van der Waals surface area contributed by atoms with Crippen molar-refractivity contribution in [1.82, 2.24) is 10.2 Å². The van der Waals surface area contributed by atoms with Crippen LogP contribution in [0.3, 0.4) is 0 Å². The van der Waals surface area contributed by atoms with Crippen molar-refractivity contribution in [3.8, 4) is 5.75 Å². The summed E-state index contributed by atoms with van der Waals surface area (Å²) in [6.45, 7) is 5.52. The van der Waals surface area contributed by atoms with Crippen LogP contribution in [-0.4, -0.2) is 37.6 Å². The van der Waals surface area contributed by atoms with Gasteiger partial charge in [0.1, 0.15) is 18.1 Å². The molecule has 1 aliphatic heterocycles. The Bertz CT molecular complexity index is 650. The monoisotopic (exact) mass is 327 g/mol. The molecular formula is C19H25N3O2. The minimum Gasteiger partial charge on any atom is -0.497 e. The molecule has 1 N–H and O–H groups in total. The summed E-state index contributed by atoms with van der Waals surface area (Å²) in [5, 5.41) is 3.39. The van der Waals surface area contributed by atoms with Gasteiger partial charge in [-0.3, -0.25) is 0 Å². The number of nitrogens with one attached hydrogen (secondary N) is 1. The molecule has 24 heavy (non-hydrogen) atoms. The van der Waals surface area contributed by atoms with E-state index in [1.165, 1.54) is 5.56 Å². The highest BCUT2D eigenvalue weighted by atomic mass is 16.5. The van der Waals surface area contributed by atoms with Crippen molar-refractivity contribution in [3.05, 3.63) is 54.0 Å². The number of methoxy groups -OCH3 is 1. The Morgan fingerprint density at radius 3 is 2.83 bits per heavy atom. The molecule has 1 aromatic heterocycles. The van der Waals surface area contributed by atoms with Crippen LogP contribution >= 0.6 is 0 Å². The second-order valence-electron chi connectivity index (χ2n) is 5.95. The number of hydrogen-bond donors (Lipinski definition) is 1. The summed E-state index contributed by atoms with van der Waals surface area (Å²) in [6.07, 6.45) is 2.82. The zero-order valence-corrected chi connectivity index (χ0v) is 14.4. The van der Waals surface area contributed by atoms with Gasteiger partial charge in [0.2, 0.25) is 0 Å². The fourth-order valence-electron chi connectivity index (χ4n) is 3.08. The smallest absolute Gasteiger partial charge is 0.194 e. The highest BCUT2D eigenvalue weighted by Crippen LogP contribution is 2.28. The molecule has 5 nitrogen and oxygen atoms in total. The molecule has 1 fully saturated rings. The van der Waals surface area contributed by atoms with Gasteiger partial charge in [-0.1, -0.05) is 12.1 Å². The number of rotatable bonds is 5. The van der Waals surface area contributed by atoms with Crippen LogP contribution in [-0.2, 0) is 6.54 Å². The molecule has 0 bridgehead atoms. The maximum Gasteiger partial charge on any atom is 0.194 e. The number of benzene rings is 1. The fourth-order valence-corrected chi connectivity index (χ4v) is 3.08. The van der Waals surface area contributed by atoms with Gasteiger partial charge in [0.05, 0.1) is 13.4 Å². The summed E-state index contributed by atoms with van der Waals surface area (Å²) in [7, 11) is 1.70. The van der Waals surface area contributed by atoms with Gasteiger partial charge in [0, 0.05) is 25.6 Å². The van der Waals surface area contributed by atoms with Gasteiger partial charge < -0.3 is 19.4 Å². The summed E-state index contributed by atoms with van der Waals surface area (Å²) in [4.78, 5) is 7.05. The van der Waals surface area contributed by atoms with Crippen LogP contribution in [0.25, 0.3) is 0 Å². The Morgan fingerprint density at radius 2 is 2.17 bits per heavy atom. The number of furan rings is 1. The number of guanidine groups is 1. The van der Waals surface area contributed by atoms with Crippen molar-refractivity contribution >= 4 is 5.96 Å². The maximum absolute atomic E-state index is 5.37. The third-order valence-corrected chi connectivity index (χ3v) is 4.37. The van der Waals surface area contributed by atoms with Crippen molar-refractivity contribution in [2.75, 3.05) is 26.7 Å². The van der Waals surface area contributed by atoms with Crippen molar-refractivity contribution in [2.24, 2.45) is 4.99 Å². The standard InChI is InChI=1S/C19H25N3O2/c1-3-20-19(21-13-18-5-4-12-24-18)22-11-10-16(14-22)15-6-8-17(23-2)9-7-15/h4-9,12,16H,3,10-11,13-14H2,1-2H3,(H,20,21). The lowest BCUT2D eigenvalue weighted by molar-refractivity contribution is 0.414. The van der Waals surface area contributed by atoms with E-state index in [0.29, 0.717) is 12.5 Å². The van der Waals surface area contributed by atoms with Gasteiger partial charge >= 0.3 is 0 Å². The Kier molecular flexibility index (Phi) is 5.41. The molecule has 5 heteroatoms. The molecule has 1 aromatic carbocycles. The van der Waals surface area contributed by atoms with Gasteiger partial charge in [-0.25, -0.2) is 4.99 Å². The summed E-state index contributed by atoms with van der Waals surface area (Å²) >= 11 is 0. The molecule has 2 heterocycles. The molecule has 0 spiro atoms. The third-order valence-electron chi connectivity index (χ3n) is 4.37. The zero-order chi connectivity index (χ0) is 16.8. The van der Waals surface area contributed by atoms with Crippen LogP contribution in [0.4, 0.5) is 0 Å². The molecule has 1 aliphatic rings. The van der Waals surface area contributed by atoms with E-state index in [2.05, 4.69) is 29.3 Å². The van der Waals surface area contributed by atoms with E-state index in [1.807, 2.05) is 24.3 Å². The second-order valence-corrected chi connectivity index (χ2v) is 5.95. The number of ether oxygens (including phenoxy) is 1. The first-order valence-electron chi connectivity index (χ1n) is 8.49. The number of likely N-dealkylation sites (tertiary alicyclic amines) is 1. The summed E-state index contributed by atoms with van der Waals surface area (Å²) in [6, 6.07) is 12.3. The van der Waals surface area contributed by atoms with E-state index < -0.39 is 0 Å². The van der Waals surface area contributed by atoms with Gasteiger partial charge in [-0.15, -0.1) is 0 Å². The first-order chi connectivity index (χ1) is 11.8. The summed E-state index contributed by atoms with van der Waals surface area (Å²) in [5.74, 6) is 3.28. The van der Waals surface area contributed by atoms with Crippen LogP contribution < -0.4 is 10.1 Å². The predicted molar refractivity (Wildman–Crippen MR) is 95.4 cm³/mol. The summed E-state index contributed by atoms with van der Waals surface area (Å²) in [5.41, 5.74) is 1.36. The normalized spacial score (nSPS) is 18.0. The molecular weight excluding hydrogens is 302 g/mol. The molecule has 1 unspecified atom stereocenters. The average molecular weight is 327 g/mol. The van der Waals surface area contributed by atoms with E-state index in [1.54, 1.807) is 13.4 Å². The lowest BCUT2D eigenvalue weighted by Crippen LogP contribution is -2.40. The van der Waals surface area contributed by atoms with Gasteiger partial charge in [-0.05, 0) is 43.2 Å². The fraction of sp³-hybridized carbons (Fsp3) is 0.421. The van der Waals surface area contributed by atoms with Crippen LogP contribution in [0, 0.1) is 0 Å². The number of nitrogens with zero attached hydrogens (tertiary/aromatic N) is 2. The predicted octanol–water partition coefficient (Wildman–Crippen LogP) is 3.24. The minimum absolute atomic E-state index is 0.531. The van der Waals surface area contributed by atoms with Crippen molar-refractivity contribution in [3.63, 3.8) is 0 Å². The molecule has 0 radical (unpaired) electrons. The number of hydrogen-bond acceptors (Lipinski definition) is 3. The quantitative estimate of drug-likeness (QED) is 0.676. The van der Waals surface area contributed by atoms with Crippen LogP contribution in [0.1, 0.15) is 30.6 Å². The Labute approximate surface area is 143 Å². The Balaban J connectivity index is 1.65. The molecule has 3 rings (SSSR count). The van der Waals surface area contributed by atoms with Crippen LogP contribution in [0.5, 0.6) is 5.75 Å². The molecule has 0 aliphatic carbocycles. The topological polar surface area (TPSA) is 50.0 Å². The van der Waals surface area contributed by atoms with E-state index in [0.717, 1.165) is 43.5 Å². The average Bonchev–Trinajstić information content (AvgIpc) is 3.30. The third kappa shape index (κ3) is 3.91. The molecule has 0 amide bonds. The lowest BCUT2D eigenvalue weighted by Gasteiger charge is -2.21. The van der Waals surface area contributed by atoms with Gasteiger partial charge in [0.15, 0.2) is 5.96 Å². The highest BCUT2D eigenvalue weighted by Gasteiger charge is 2.26. The highest BCUT2D eigenvalue weighted by molar-refractivity contribution is 5.80. The van der Waals surface area contributed by atoms with Crippen molar-refractivity contribution in [2.45, 2.75) is 25.8 Å². The largest absolute Gasteiger partial charge is 0.497 e. The molecule has 2 aromatic rings. The SMILES string of the molecule is CCNC(=NCc1ccco1)N1CCC(c2ccc(OC)cc2)C1. The number of aliphatic imine (C=N–C) groups is 1. The van der Waals surface area contributed by atoms with E-state index in [-0.39, 0.29) is 0 Å². The van der Waals surface area contributed by atoms with Gasteiger partial charge in [0.25, 0.3) is 0 Å². The van der Waals surface area contributed by atoms with E-state index in [4.69, 9.17) is 14.1 Å². The van der Waals surface area contributed by atoms with Crippen molar-refractivity contribution < 1.29 is 9.15 Å². The summed E-state index contributed by atoms with van der Waals surface area (Å²) < 4.78 is 10.6. The lowest BCUT2D eigenvalue weighted by atomic mass is 9.98. The van der Waals surface area contributed by atoms with Crippen LogP contribution in [0.2, 0.25) is 0 Å². The minimum atomic E-state index is 0.531. The molecule has 1 saturated heterocycles. The first-order valence-corrected chi connectivity index (χ1v) is 8.49. The maximum atomic E-state index is 5.37. The molecule has 128 valence electrons. The molecule has 1 atom stereocenters. The Morgan fingerprint density at radius 1 is 1.33 bits per heavy atom. The first kappa shape index (κ1) is 16.4. The van der Waals surface area contributed by atoms with E-state index in [9.17, 15) is 0 Å². The van der Waals surface area contributed by atoms with Gasteiger partial charge in [-0.2, -0.15) is 0 Å². The van der Waals surface area contributed by atoms with Crippen molar-refractivity contribution in [1.29, 1.82) is 0 Å². The van der Waals surface area contributed by atoms with E-state index >= 15 is 0 Å². The zero-order valence-electron chi connectivity index (χ0n) is 14.4. The second kappa shape index (κ2) is 7.90.